The minimum absolute atomic E-state index is 0.00733. The molecule has 0 spiro atoms. The topological polar surface area (TPSA) is 68.0 Å². The van der Waals surface area contributed by atoms with Gasteiger partial charge in [0.25, 0.3) is 5.69 Å². The highest BCUT2D eigenvalue weighted by atomic mass is 79.9. The summed E-state index contributed by atoms with van der Waals surface area (Å²) in [6.45, 7) is 0. The molecule has 162 valence electrons. The number of ether oxygens (including phenoxy) is 1. The molecule has 2 aliphatic heterocycles. The lowest BCUT2D eigenvalue weighted by molar-refractivity contribution is -0.384. The molecule has 0 N–H and O–H groups in total. The molecule has 6 rings (SSSR count). The van der Waals surface area contributed by atoms with E-state index in [9.17, 15) is 10.1 Å². The fourth-order valence-electron chi connectivity index (χ4n) is 4.58. The number of nitro groups is 1. The number of hydrazone groups is 1. The quantitative estimate of drug-likeness (QED) is 0.231. The fourth-order valence-corrected chi connectivity index (χ4v) is 4.96. The van der Waals surface area contributed by atoms with Gasteiger partial charge in [0.05, 0.1) is 16.7 Å². The number of hydrogen-bond acceptors (Lipinski definition) is 5. The van der Waals surface area contributed by atoms with Crippen LogP contribution in [0.1, 0.15) is 35.4 Å². The highest BCUT2D eigenvalue weighted by Crippen LogP contribution is 2.48. The number of rotatable bonds is 3. The van der Waals surface area contributed by atoms with Crippen LogP contribution in [0, 0.1) is 10.1 Å². The summed E-state index contributed by atoms with van der Waals surface area (Å²) in [4.78, 5) is 10.7. The summed E-state index contributed by atoms with van der Waals surface area (Å²) in [5.74, 6) is 0.803. The Kier molecular flexibility index (Phi) is 4.66. The molecule has 0 saturated carbocycles. The van der Waals surface area contributed by atoms with Crippen LogP contribution < -0.4 is 4.74 Å². The second-order valence-electron chi connectivity index (χ2n) is 8.21. The summed E-state index contributed by atoms with van der Waals surface area (Å²) >= 11 is 3.58. The molecular weight excluding hydrogens is 482 g/mol. The molecule has 0 radical (unpaired) electrons. The number of nitro benzene ring substituents is 1. The van der Waals surface area contributed by atoms with Gasteiger partial charge in [0.1, 0.15) is 5.75 Å². The van der Waals surface area contributed by atoms with E-state index in [-0.39, 0.29) is 11.7 Å². The largest absolute Gasteiger partial charge is 0.464 e. The first-order chi connectivity index (χ1) is 16.1. The number of non-ortho nitro benzene ring substituents is 1. The zero-order valence-corrected chi connectivity index (χ0v) is 19.0. The number of halogens is 1. The Bertz CT molecular complexity index is 1430. The summed E-state index contributed by atoms with van der Waals surface area (Å²) in [7, 11) is 0. The van der Waals surface area contributed by atoms with E-state index in [1.807, 2.05) is 29.3 Å². The van der Waals surface area contributed by atoms with Crippen molar-refractivity contribution in [2.45, 2.75) is 18.7 Å². The third-order valence-electron chi connectivity index (χ3n) is 6.22. The van der Waals surface area contributed by atoms with Gasteiger partial charge >= 0.3 is 0 Å². The van der Waals surface area contributed by atoms with Crippen LogP contribution in [0.25, 0.3) is 10.8 Å². The molecule has 4 aromatic carbocycles. The van der Waals surface area contributed by atoms with E-state index >= 15 is 0 Å². The molecule has 0 fully saturated rings. The summed E-state index contributed by atoms with van der Waals surface area (Å²) < 4.78 is 7.35. The van der Waals surface area contributed by atoms with E-state index in [0.717, 1.165) is 39.0 Å². The maximum Gasteiger partial charge on any atom is 0.269 e. The predicted octanol–water partition coefficient (Wildman–Crippen LogP) is 6.75. The first-order valence-corrected chi connectivity index (χ1v) is 11.4. The summed E-state index contributed by atoms with van der Waals surface area (Å²) in [5.41, 5.74) is 4.03. The van der Waals surface area contributed by atoms with Crippen molar-refractivity contribution in [2.24, 2.45) is 5.10 Å². The van der Waals surface area contributed by atoms with Gasteiger partial charge in [-0.3, -0.25) is 10.1 Å². The van der Waals surface area contributed by atoms with Gasteiger partial charge in [-0.15, -0.1) is 0 Å². The van der Waals surface area contributed by atoms with Crippen LogP contribution in [-0.4, -0.2) is 15.6 Å². The second kappa shape index (κ2) is 7.71. The van der Waals surface area contributed by atoms with Crippen LogP contribution in [0.3, 0.4) is 0 Å². The van der Waals surface area contributed by atoms with Crippen molar-refractivity contribution < 1.29 is 9.66 Å². The van der Waals surface area contributed by atoms with Gasteiger partial charge in [0, 0.05) is 34.2 Å². The standard InChI is InChI=1S/C26H18BrN3O3/c27-20-9-12-25-22(14-20)24-15-23(19-6-5-16-3-1-2-4-18(16)13-19)28-29(24)26(33-25)17-7-10-21(11-8-17)30(31)32/h1-14,24,26H,15H2. The van der Waals surface area contributed by atoms with Crippen LogP contribution in [-0.2, 0) is 0 Å². The molecule has 2 unspecified atom stereocenters. The predicted molar refractivity (Wildman–Crippen MR) is 130 cm³/mol. The van der Waals surface area contributed by atoms with Crippen molar-refractivity contribution in [1.29, 1.82) is 0 Å². The van der Waals surface area contributed by atoms with E-state index in [1.54, 1.807) is 12.1 Å². The van der Waals surface area contributed by atoms with Gasteiger partial charge in [-0.1, -0.05) is 52.3 Å². The number of fused-ring (bicyclic) bond motifs is 4. The SMILES string of the molecule is O=[N+]([O-])c1ccc(C2Oc3ccc(Br)cc3C3CC(c4ccc5ccccc5c4)=NN32)cc1. The Morgan fingerprint density at radius 1 is 0.970 bits per heavy atom. The molecule has 0 bridgehead atoms. The van der Waals surface area contributed by atoms with Crippen LogP contribution in [0.2, 0.25) is 0 Å². The van der Waals surface area contributed by atoms with Crippen LogP contribution in [0.4, 0.5) is 5.69 Å². The van der Waals surface area contributed by atoms with Gasteiger partial charge in [-0.2, -0.15) is 5.10 Å². The average Bonchev–Trinajstić information content (AvgIpc) is 3.29. The Hall–Kier alpha value is -3.71. The van der Waals surface area contributed by atoms with Gasteiger partial charge < -0.3 is 4.74 Å². The maximum atomic E-state index is 11.1. The molecule has 2 heterocycles. The molecule has 7 heteroatoms. The maximum absolute atomic E-state index is 11.1. The molecule has 0 saturated heterocycles. The van der Waals surface area contributed by atoms with Crippen molar-refractivity contribution in [3.63, 3.8) is 0 Å². The summed E-state index contributed by atoms with van der Waals surface area (Å²) in [6.07, 6.45) is 0.275. The average molecular weight is 500 g/mol. The molecule has 0 aromatic heterocycles. The molecule has 6 nitrogen and oxygen atoms in total. The zero-order chi connectivity index (χ0) is 22.5. The molecular formula is C26H18BrN3O3. The number of benzene rings is 4. The van der Waals surface area contributed by atoms with Crippen molar-refractivity contribution in [3.8, 4) is 5.75 Å². The lowest BCUT2D eigenvalue weighted by Gasteiger charge is -2.38. The molecule has 2 aliphatic rings. The minimum Gasteiger partial charge on any atom is -0.464 e. The third kappa shape index (κ3) is 3.45. The summed E-state index contributed by atoms with van der Waals surface area (Å²) in [6, 6.07) is 27.2. The van der Waals surface area contributed by atoms with E-state index in [2.05, 4.69) is 52.3 Å². The lowest BCUT2D eigenvalue weighted by atomic mass is 9.95. The van der Waals surface area contributed by atoms with Crippen LogP contribution >= 0.6 is 15.9 Å². The highest BCUT2D eigenvalue weighted by Gasteiger charge is 2.41. The van der Waals surface area contributed by atoms with E-state index < -0.39 is 11.2 Å². The smallest absolute Gasteiger partial charge is 0.269 e. The minimum atomic E-state index is -0.470. The lowest BCUT2D eigenvalue weighted by Crippen LogP contribution is -2.33. The molecule has 33 heavy (non-hydrogen) atoms. The first kappa shape index (κ1) is 19.9. The Balaban J connectivity index is 1.43. The number of hydrogen-bond donors (Lipinski definition) is 0. The van der Waals surface area contributed by atoms with Gasteiger partial charge in [-0.25, -0.2) is 5.01 Å². The molecule has 2 atom stereocenters. The van der Waals surface area contributed by atoms with E-state index in [4.69, 9.17) is 9.84 Å². The Labute approximate surface area is 198 Å². The van der Waals surface area contributed by atoms with Crippen molar-refractivity contribution >= 4 is 38.1 Å². The number of nitrogens with zero attached hydrogens (tertiary/aromatic N) is 3. The van der Waals surface area contributed by atoms with Crippen LogP contribution in [0.15, 0.2) is 94.5 Å². The van der Waals surface area contributed by atoms with E-state index in [0.29, 0.717) is 0 Å². The fraction of sp³-hybridized carbons (Fsp3) is 0.115. The monoisotopic (exact) mass is 499 g/mol. The molecule has 4 aromatic rings. The Morgan fingerprint density at radius 2 is 1.76 bits per heavy atom. The van der Waals surface area contributed by atoms with Gasteiger partial charge in [-0.05, 0) is 52.7 Å². The van der Waals surface area contributed by atoms with Crippen molar-refractivity contribution in [3.05, 3.63) is 116 Å². The zero-order valence-electron chi connectivity index (χ0n) is 17.4. The second-order valence-corrected chi connectivity index (χ2v) is 9.13. The van der Waals surface area contributed by atoms with Crippen molar-refractivity contribution in [1.82, 2.24) is 5.01 Å². The normalized spacial score (nSPS) is 18.9. The van der Waals surface area contributed by atoms with Crippen LogP contribution in [0.5, 0.6) is 5.75 Å². The van der Waals surface area contributed by atoms with Crippen molar-refractivity contribution in [2.75, 3.05) is 0 Å². The van der Waals surface area contributed by atoms with Gasteiger partial charge in [0.15, 0.2) is 0 Å². The molecule has 0 aliphatic carbocycles. The molecule has 0 amide bonds. The Morgan fingerprint density at radius 3 is 2.55 bits per heavy atom. The summed E-state index contributed by atoms with van der Waals surface area (Å²) in [5, 5.41) is 20.5. The highest BCUT2D eigenvalue weighted by molar-refractivity contribution is 9.10. The van der Waals surface area contributed by atoms with E-state index in [1.165, 1.54) is 22.9 Å². The first-order valence-electron chi connectivity index (χ1n) is 10.6. The third-order valence-corrected chi connectivity index (χ3v) is 6.72. The van der Waals surface area contributed by atoms with Gasteiger partial charge in [0.2, 0.25) is 6.23 Å².